The van der Waals surface area contributed by atoms with Gasteiger partial charge in [0.05, 0.1) is 11.4 Å². The third-order valence-electron chi connectivity index (χ3n) is 6.07. The van der Waals surface area contributed by atoms with Crippen LogP contribution >= 0.6 is 0 Å². The molecule has 1 fully saturated rings. The lowest BCUT2D eigenvalue weighted by atomic mass is 9.90. The summed E-state index contributed by atoms with van der Waals surface area (Å²) in [5.74, 6) is -1.14. The van der Waals surface area contributed by atoms with Crippen LogP contribution in [0.5, 0.6) is 0 Å². The second-order valence-electron chi connectivity index (χ2n) is 8.62. The van der Waals surface area contributed by atoms with E-state index >= 15 is 0 Å². The van der Waals surface area contributed by atoms with Gasteiger partial charge < -0.3 is 10.6 Å². The van der Waals surface area contributed by atoms with E-state index in [1.807, 2.05) is 36.4 Å². The number of aromatic nitrogens is 2. The fourth-order valence-electron chi connectivity index (χ4n) is 4.23. The highest BCUT2D eigenvalue weighted by molar-refractivity contribution is 6.10. The molecule has 1 aliphatic heterocycles. The van der Waals surface area contributed by atoms with E-state index in [0.717, 1.165) is 15.7 Å². The number of amides is 4. The monoisotopic (exact) mass is 471 g/mol. The minimum absolute atomic E-state index is 0.337. The zero-order valence-corrected chi connectivity index (χ0v) is 19.1. The number of carbonyl (C=O) groups excluding carboxylic acids is 3. The quantitative estimate of drug-likeness (QED) is 0.432. The molecule has 1 saturated heterocycles. The van der Waals surface area contributed by atoms with Gasteiger partial charge in [-0.25, -0.2) is 13.9 Å². The number of hydrogen-bond acceptors (Lipinski definition) is 4. The highest BCUT2D eigenvalue weighted by Crippen LogP contribution is 2.31. The Morgan fingerprint density at radius 1 is 1.03 bits per heavy atom. The first-order chi connectivity index (χ1) is 16.7. The van der Waals surface area contributed by atoms with Crippen molar-refractivity contribution in [2.45, 2.75) is 19.4 Å². The molecule has 35 heavy (non-hydrogen) atoms. The van der Waals surface area contributed by atoms with Gasteiger partial charge in [0.2, 0.25) is 5.91 Å². The number of halogens is 1. The lowest BCUT2D eigenvalue weighted by Crippen LogP contribution is -2.42. The largest absolute Gasteiger partial charge is 0.325 e. The fraction of sp³-hybridized carbons (Fsp3) is 0.154. The summed E-state index contributed by atoms with van der Waals surface area (Å²) in [6, 6.07) is 19.9. The molecule has 0 aliphatic carbocycles. The molecule has 1 unspecified atom stereocenters. The lowest BCUT2D eigenvalue weighted by Gasteiger charge is -2.22. The van der Waals surface area contributed by atoms with E-state index in [1.54, 1.807) is 26.0 Å². The first kappa shape index (κ1) is 22.3. The van der Waals surface area contributed by atoms with Crippen molar-refractivity contribution in [3.05, 3.63) is 89.9 Å². The Hall–Kier alpha value is -4.53. The Labute approximate surface area is 200 Å². The normalized spacial score (nSPS) is 17.6. The molecule has 1 aromatic heterocycles. The summed E-state index contributed by atoms with van der Waals surface area (Å²) in [6.45, 7) is 2.91. The number of nitrogens with one attached hydrogen (secondary N) is 2. The molecular formula is C26H22FN5O3. The Morgan fingerprint density at radius 3 is 2.49 bits per heavy atom. The number of hydrogen-bond donors (Lipinski definition) is 2. The number of nitrogens with zero attached hydrogens (tertiary/aromatic N) is 3. The van der Waals surface area contributed by atoms with Crippen LogP contribution in [0.1, 0.15) is 18.2 Å². The molecule has 0 saturated carbocycles. The fourth-order valence-corrected chi connectivity index (χ4v) is 4.23. The van der Waals surface area contributed by atoms with Crippen LogP contribution in [-0.2, 0) is 15.1 Å². The predicted octanol–water partition coefficient (Wildman–Crippen LogP) is 3.88. The van der Waals surface area contributed by atoms with Gasteiger partial charge in [0.15, 0.2) is 0 Å². The summed E-state index contributed by atoms with van der Waals surface area (Å²) in [5.41, 5.74) is 0.507. The minimum Gasteiger partial charge on any atom is -0.319 e. The van der Waals surface area contributed by atoms with E-state index in [9.17, 15) is 18.8 Å². The molecule has 4 amide bonds. The maximum atomic E-state index is 13.3. The first-order valence-electron chi connectivity index (χ1n) is 11.0. The van der Waals surface area contributed by atoms with Crippen LogP contribution in [0.15, 0.2) is 72.8 Å². The SMILES string of the molecule is Cc1cc(NC(=O)CN2C(=O)NC(C)(c3ccc4ccccc4c3)C2=O)n(-c2ccc(F)cc2)n1. The van der Waals surface area contributed by atoms with Gasteiger partial charge in [-0.15, -0.1) is 0 Å². The Kier molecular flexibility index (Phi) is 5.32. The number of carbonyl (C=O) groups is 3. The highest BCUT2D eigenvalue weighted by atomic mass is 19.1. The van der Waals surface area contributed by atoms with Gasteiger partial charge in [0, 0.05) is 6.07 Å². The second kappa shape index (κ2) is 8.35. The number of urea groups is 1. The van der Waals surface area contributed by atoms with E-state index in [0.29, 0.717) is 22.8 Å². The van der Waals surface area contributed by atoms with Crippen LogP contribution in [0.25, 0.3) is 16.5 Å². The van der Waals surface area contributed by atoms with Crippen LogP contribution < -0.4 is 10.6 Å². The van der Waals surface area contributed by atoms with Gasteiger partial charge in [-0.3, -0.25) is 14.5 Å². The summed E-state index contributed by atoms with van der Waals surface area (Å²) >= 11 is 0. The van der Waals surface area contributed by atoms with Gasteiger partial charge in [-0.1, -0.05) is 36.4 Å². The number of imide groups is 1. The molecule has 0 spiro atoms. The molecule has 3 aromatic carbocycles. The Bertz CT molecular complexity index is 1480. The van der Waals surface area contributed by atoms with Crippen LogP contribution in [0.2, 0.25) is 0 Å². The highest BCUT2D eigenvalue weighted by Gasteiger charge is 2.49. The van der Waals surface area contributed by atoms with Crippen molar-refractivity contribution in [1.29, 1.82) is 0 Å². The number of anilines is 1. The van der Waals surface area contributed by atoms with Gasteiger partial charge in [-0.05, 0) is 60.5 Å². The van der Waals surface area contributed by atoms with Crippen molar-refractivity contribution < 1.29 is 18.8 Å². The molecule has 0 radical (unpaired) electrons. The molecule has 176 valence electrons. The zero-order chi connectivity index (χ0) is 24.7. The van der Waals surface area contributed by atoms with Crippen LogP contribution in [0.3, 0.4) is 0 Å². The summed E-state index contributed by atoms with van der Waals surface area (Å²) in [6.07, 6.45) is 0. The number of fused-ring (bicyclic) bond motifs is 1. The molecule has 1 aliphatic rings. The lowest BCUT2D eigenvalue weighted by molar-refractivity contribution is -0.133. The summed E-state index contributed by atoms with van der Waals surface area (Å²) in [4.78, 5) is 39.7. The van der Waals surface area contributed by atoms with E-state index in [-0.39, 0.29) is 0 Å². The van der Waals surface area contributed by atoms with Crippen LogP contribution in [0, 0.1) is 12.7 Å². The van der Waals surface area contributed by atoms with E-state index < -0.39 is 35.7 Å². The topological polar surface area (TPSA) is 96.3 Å². The van der Waals surface area contributed by atoms with E-state index in [4.69, 9.17) is 0 Å². The molecule has 5 rings (SSSR count). The third kappa shape index (κ3) is 4.01. The van der Waals surface area contributed by atoms with Gasteiger partial charge in [0.1, 0.15) is 23.7 Å². The van der Waals surface area contributed by atoms with Gasteiger partial charge in [-0.2, -0.15) is 5.10 Å². The minimum atomic E-state index is -1.30. The Morgan fingerprint density at radius 2 is 1.74 bits per heavy atom. The van der Waals surface area contributed by atoms with Crippen LogP contribution in [0.4, 0.5) is 15.0 Å². The molecule has 0 bridgehead atoms. The van der Waals surface area contributed by atoms with Crippen molar-refractivity contribution in [3.63, 3.8) is 0 Å². The van der Waals surface area contributed by atoms with Crippen molar-refractivity contribution in [3.8, 4) is 5.69 Å². The van der Waals surface area contributed by atoms with Crippen molar-refractivity contribution in [1.82, 2.24) is 20.0 Å². The standard InChI is InChI=1S/C26H22FN5O3/c1-16-13-22(32(30-16)21-11-9-20(27)10-12-21)28-23(33)15-31-24(34)26(2,29-25(31)35)19-8-7-17-5-3-4-6-18(17)14-19/h3-14H,15H2,1-2H3,(H,28,33)(H,29,35). The van der Waals surface area contributed by atoms with Crippen molar-refractivity contribution in [2.24, 2.45) is 0 Å². The van der Waals surface area contributed by atoms with Crippen molar-refractivity contribution in [2.75, 3.05) is 11.9 Å². The number of rotatable bonds is 5. The molecular weight excluding hydrogens is 449 g/mol. The Balaban J connectivity index is 1.35. The summed E-state index contributed by atoms with van der Waals surface area (Å²) in [7, 11) is 0. The van der Waals surface area contributed by atoms with E-state index in [2.05, 4.69) is 15.7 Å². The molecule has 9 heteroatoms. The smallest absolute Gasteiger partial charge is 0.319 e. The third-order valence-corrected chi connectivity index (χ3v) is 6.07. The molecule has 1 atom stereocenters. The molecule has 8 nitrogen and oxygen atoms in total. The average molecular weight is 471 g/mol. The molecule has 2 heterocycles. The number of benzene rings is 3. The summed E-state index contributed by atoms with van der Waals surface area (Å²) < 4.78 is 14.8. The van der Waals surface area contributed by atoms with Gasteiger partial charge >= 0.3 is 6.03 Å². The maximum Gasteiger partial charge on any atom is 0.325 e. The summed E-state index contributed by atoms with van der Waals surface area (Å²) in [5, 5.41) is 11.7. The second-order valence-corrected chi connectivity index (χ2v) is 8.62. The molecule has 2 N–H and O–H groups in total. The van der Waals surface area contributed by atoms with Crippen LogP contribution in [-0.4, -0.2) is 39.1 Å². The van der Waals surface area contributed by atoms with Crippen molar-refractivity contribution >= 4 is 34.4 Å². The average Bonchev–Trinajstić information content (AvgIpc) is 3.31. The predicted molar refractivity (Wildman–Crippen MR) is 128 cm³/mol. The first-order valence-corrected chi connectivity index (χ1v) is 11.0. The number of aryl methyl sites for hydroxylation is 1. The zero-order valence-electron chi connectivity index (χ0n) is 19.1. The maximum absolute atomic E-state index is 13.3. The molecule has 4 aromatic rings. The van der Waals surface area contributed by atoms with E-state index in [1.165, 1.54) is 28.9 Å². The van der Waals surface area contributed by atoms with Gasteiger partial charge in [0.25, 0.3) is 5.91 Å².